The number of ether oxygens (including phenoxy) is 3. The van der Waals surface area contributed by atoms with Gasteiger partial charge in [-0.2, -0.15) is 0 Å². The lowest BCUT2D eigenvalue weighted by molar-refractivity contribution is -0.131. The SMILES string of the molecule is COc1ccc(CO[C@H](C(C)C)[C@@H](C)[C@H](O)CC(=O)[C@H](C)[C@@H](O[Si](C)(C)C(C)(C)C)[C@@H](C)COCc2ccccc2)cc1. The van der Waals surface area contributed by atoms with E-state index in [2.05, 4.69) is 54.6 Å². The van der Waals surface area contributed by atoms with Crippen molar-refractivity contribution in [3.05, 3.63) is 65.7 Å². The molecule has 7 heteroatoms. The number of Topliss-reactive ketones (excluding diaryl/α,β-unsaturated/α-hetero) is 1. The maximum Gasteiger partial charge on any atom is 0.192 e. The molecule has 0 saturated heterocycles. The third-order valence-electron chi connectivity index (χ3n) is 9.08. The number of aliphatic hydroxyl groups is 1. The molecule has 0 amide bonds. The van der Waals surface area contributed by atoms with Crippen molar-refractivity contribution in [2.24, 2.45) is 23.7 Å². The van der Waals surface area contributed by atoms with Gasteiger partial charge >= 0.3 is 0 Å². The van der Waals surface area contributed by atoms with E-state index in [9.17, 15) is 9.90 Å². The Morgan fingerprint density at radius 3 is 1.98 bits per heavy atom. The molecule has 0 aliphatic carbocycles. The molecule has 0 radical (unpaired) electrons. The summed E-state index contributed by atoms with van der Waals surface area (Å²) in [6, 6.07) is 17.9. The zero-order valence-electron chi connectivity index (χ0n) is 28.6. The second-order valence-corrected chi connectivity index (χ2v) is 18.8. The fourth-order valence-electron chi connectivity index (χ4n) is 5.11. The van der Waals surface area contributed by atoms with E-state index in [-0.39, 0.29) is 53.1 Å². The van der Waals surface area contributed by atoms with Gasteiger partial charge in [-0.1, -0.05) is 97.9 Å². The highest BCUT2D eigenvalue weighted by atomic mass is 28.4. The normalized spacial score (nSPS) is 16.8. The smallest absolute Gasteiger partial charge is 0.192 e. The molecule has 0 spiro atoms. The molecule has 0 aromatic heterocycles. The zero-order chi connectivity index (χ0) is 32.4. The number of hydrogen-bond acceptors (Lipinski definition) is 6. The molecule has 0 aliphatic heterocycles. The summed E-state index contributed by atoms with van der Waals surface area (Å²) < 4.78 is 24.6. The molecule has 2 aromatic carbocycles. The minimum Gasteiger partial charge on any atom is -0.497 e. The number of methoxy groups -OCH3 is 1. The Labute approximate surface area is 262 Å². The molecular formula is C36H58O6Si. The van der Waals surface area contributed by atoms with Crippen LogP contribution < -0.4 is 4.74 Å². The van der Waals surface area contributed by atoms with E-state index in [1.54, 1.807) is 7.11 Å². The predicted molar refractivity (Wildman–Crippen MR) is 178 cm³/mol. The quantitative estimate of drug-likeness (QED) is 0.171. The summed E-state index contributed by atoms with van der Waals surface area (Å²) in [6.45, 7) is 22.7. The van der Waals surface area contributed by atoms with Gasteiger partial charge in [0.2, 0.25) is 0 Å². The van der Waals surface area contributed by atoms with Crippen LogP contribution in [0.4, 0.5) is 0 Å². The summed E-state index contributed by atoms with van der Waals surface area (Å²) in [5, 5.41) is 11.3. The van der Waals surface area contributed by atoms with Crippen molar-refractivity contribution in [3.63, 3.8) is 0 Å². The molecule has 0 saturated carbocycles. The van der Waals surface area contributed by atoms with Gasteiger partial charge in [0.25, 0.3) is 0 Å². The first-order valence-corrected chi connectivity index (χ1v) is 18.7. The Hall–Kier alpha value is -2.03. The van der Waals surface area contributed by atoms with Crippen LogP contribution in [-0.2, 0) is 31.9 Å². The maximum atomic E-state index is 13.7. The third-order valence-corrected chi connectivity index (χ3v) is 13.6. The summed E-state index contributed by atoms with van der Waals surface area (Å²) in [7, 11) is -0.538. The Morgan fingerprint density at radius 1 is 0.860 bits per heavy atom. The number of hydrogen-bond donors (Lipinski definition) is 1. The molecule has 43 heavy (non-hydrogen) atoms. The van der Waals surface area contributed by atoms with E-state index >= 15 is 0 Å². The van der Waals surface area contributed by atoms with Crippen LogP contribution in [0.15, 0.2) is 54.6 Å². The first-order valence-electron chi connectivity index (χ1n) is 15.8. The van der Waals surface area contributed by atoms with Crippen molar-refractivity contribution < 1.29 is 28.5 Å². The Morgan fingerprint density at radius 2 is 1.44 bits per heavy atom. The summed E-state index contributed by atoms with van der Waals surface area (Å²) in [4.78, 5) is 13.7. The van der Waals surface area contributed by atoms with E-state index in [1.165, 1.54) is 0 Å². The highest BCUT2D eigenvalue weighted by molar-refractivity contribution is 6.74. The lowest BCUT2D eigenvalue weighted by atomic mass is 9.84. The topological polar surface area (TPSA) is 74.2 Å². The summed E-state index contributed by atoms with van der Waals surface area (Å²) in [5.74, 6) is 0.378. The fourth-order valence-corrected chi connectivity index (χ4v) is 6.58. The lowest BCUT2D eigenvalue weighted by Crippen LogP contribution is -2.49. The molecule has 2 rings (SSSR count). The Kier molecular flexibility index (Phi) is 14.6. The molecule has 0 unspecified atom stereocenters. The van der Waals surface area contributed by atoms with Crippen molar-refractivity contribution in [1.82, 2.24) is 0 Å². The number of aliphatic hydroxyl groups excluding tert-OH is 1. The van der Waals surface area contributed by atoms with Crippen LogP contribution in [0.3, 0.4) is 0 Å². The van der Waals surface area contributed by atoms with Gasteiger partial charge in [-0.3, -0.25) is 4.79 Å². The number of rotatable bonds is 18. The van der Waals surface area contributed by atoms with Crippen LogP contribution >= 0.6 is 0 Å². The van der Waals surface area contributed by atoms with Gasteiger partial charge < -0.3 is 23.7 Å². The molecule has 6 nitrogen and oxygen atoms in total. The van der Waals surface area contributed by atoms with Crippen molar-refractivity contribution >= 4 is 14.1 Å². The van der Waals surface area contributed by atoms with Crippen LogP contribution in [0, 0.1) is 23.7 Å². The second-order valence-electron chi connectivity index (χ2n) is 14.1. The molecule has 2 aromatic rings. The van der Waals surface area contributed by atoms with Crippen molar-refractivity contribution in [2.45, 2.75) is 111 Å². The first-order chi connectivity index (χ1) is 20.1. The van der Waals surface area contributed by atoms with Gasteiger partial charge in [-0.15, -0.1) is 0 Å². The fraction of sp³-hybridized carbons (Fsp3) is 0.639. The average Bonchev–Trinajstić information content (AvgIpc) is 2.95. The van der Waals surface area contributed by atoms with E-state index in [1.807, 2.05) is 68.4 Å². The molecular weight excluding hydrogens is 556 g/mol. The number of carbonyl (C=O) groups excluding carboxylic acids is 1. The molecule has 0 fully saturated rings. The number of carbonyl (C=O) groups is 1. The van der Waals surface area contributed by atoms with Crippen molar-refractivity contribution in [2.75, 3.05) is 13.7 Å². The zero-order valence-corrected chi connectivity index (χ0v) is 29.6. The standard InChI is InChI=1S/C36H58O6Si/c1-25(2)34(41-24-30-17-19-31(39-9)20-18-30)27(4)32(37)21-33(38)28(5)35(42-43(10,11)36(6,7)8)26(3)22-40-23-29-15-13-12-14-16-29/h12-20,25-28,32,34-35,37H,21-24H2,1-11H3/t26-,27-,28-,32+,34+,35-/m0/s1. The van der Waals surface area contributed by atoms with Crippen LogP contribution in [-0.4, -0.2) is 51.2 Å². The Balaban J connectivity index is 2.10. The van der Waals surface area contributed by atoms with Crippen molar-refractivity contribution in [3.8, 4) is 5.75 Å². The highest BCUT2D eigenvalue weighted by Crippen LogP contribution is 2.39. The van der Waals surface area contributed by atoms with Crippen molar-refractivity contribution in [1.29, 1.82) is 0 Å². The Bertz CT molecular complexity index is 1080. The predicted octanol–water partition coefficient (Wildman–Crippen LogP) is 8.07. The number of benzene rings is 2. The third kappa shape index (κ3) is 11.4. The van der Waals surface area contributed by atoms with Gasteiger partial charge in [0.05, 0.1) is 45.2 Å². The number of ketones is 1. The average molecular weight is 615 g/mol. The second kappa shape index (κ2) is 16.9. The molecule has 0 aliphatic rings. The van der Waals surface area contributed by atoms with Gasteiger partial charge in [-0.25, -0.2) is 0 Å². The van der Waals surface area contributed by atoms with Crippen LogP contribution in [0.1, 0.15) is 72.9 Å². The van der Waals surface area contributed by atoms with E-state index in [0.29, 0.717) is 19.8 Å². The maximum absolute atomic E-state index is 13.7. The molecule has 0 bridgehead atoms. The molecule has 6 atom stereocenters. The van der Waals surface area contributed by atoms with Crippen LogP contribution in [0.5, 0.6) is 5.75 Å². The van der Waals surface area contributed by atoms with Gasteiger partial charge in [0, 0.05) is 24.2 Å². The monoisotopic (exact) mass is 614 g/mol. The largest absolute Gasteiger partial charge is 0.497 e. The van der Waals surface area contributed by atoms with E-state index in [0.717, 1.165) is 16.9 Å². The van der Waals surface area contributed by atoms with Gasteiger partial charge in [0.15, 0.2) is 8.32 Å². The minimum absolute atomic E-state index is 0.00162. The first kappa shape index (κ1) is 37.2. The van der Waals surface area contributed by atoms with Crippen LogP contribution in [0.2, 0.25) is 18.1 Å². The molecule has 0 heterocycles. The van der Waals surface area contributed by atoms with Crippen LogP contribution in [0.25, 0.3) is 0 Å². The summed E-state index contributed by atoms with van der Waals surface area (Å²) in [5.41, 5.74) is 2.15. The van der Waals surface area contributed by atoms with Gasteiger partial charge in [0.1, 0.15) is 11.5 Å². The van der Waals surface area contributed by atoms with Gasteiger partial charge in [-0.05, 0) is 47.3 Å². The highest BCUT2D eigenvalue weighted by Gasteiger charge is 2.43. The molecule has 1 N–H and O–H groups in total. The summed E-state index contributed by atoms with van der Waals surface area (Å²) in [6.07, 6.45) is -1.27. The summed E-state index contributed by atoms with van der Waals surface area (Å²) >= 11 is 0. The van der Waals surface area contributed by atoms with E-state index < -0.39 is 14.4 Å². The minimum atomic E-state index is -2.18. The molecule has 242 valence electrons. The lowest BCUT2D eigenvalue weighted by Gasteiger charge is -2.42. The van der Waals surface area contributed by atoms with E-state index in [4.69, 9.17) is 18.6 Å².